The van der Waals surface area contributed by atoms with Gasteiger partial charge in [0.15, 0.2) is 0 Å². The number of para-hydroxylation sites is 1. The van der Waals surface area contributed by atoms with Crippen LogP contribution in [0.25, 0.3) is 0 Å². The number of piperazine rings is 1. The molecule has 1 saturated heterocycles. The van der Waals surface area contributed by atoms with Crippen LogP contribution in [0.3, 0.4) is 0 Å². The summed E-state index contributed by atoms with van der Waals surface area (Å²) in [5.41, 5.74) is 0.436. The molecule has 0 saturated carbocycles. The molecule has 0 spiro atoms. The minimum atomic E-state index is -3.65. The Morgan fingerprint density at radius 2 is 1.57 bits per heavy atom. The molecule has 30 heavy (non-hydrogen) atoms. The predicted molar refractivity (Wildman–Crippen MR) is 118 cm³/mol. The second-order valence-corrected chi connectivity index (χ2v) is 9.26. The number of rotatable bonds is 7. The molecule has 0 aromatic heterocycles. The zero-order chi connectivity index (χ0) is 21.7. The van der Waals surface area contributed by atoms with Crippen molar-refractivity contribution < 1.29 is 17.9 Å². The number of amides is 1. The van der Waals surface area contributed by atoms with Crippen molar-refractivity contribution in [2.75, 3.05) is 43.3 Å². The summed E-state index contributed by atoms with van der Waals surface area (Å²) in [4.78, 5) is 17.1. The number of nitrogens with zero attached hydrogens (tertiary/aromatic N) is 3. The van der Waals surface area contributed by atoms with Gasteiger partial charge in [-0.15, -0.1) is 0 Å². The van der Waals surface area contributed by atoms with Crippen molar-refractivity contribution in [1.82, 2.24) is 9.80 Å². The number of carbonyl (C=O) groups is 1. The minimum absolute atomic E-state index is 0.180. The number of hydrogen-bond acceptors (Lipinski definition) is 5. The predicted octanol–water partition coefficient (Wildman–Crippen LogP) is 2.80. The largest absolute Gasteiger partial charge is 0.457 e. The van der Waals surface area contributed by atoms with E-state index in [-0.39, 0.29) is 5.91 Å². The van der Waals surface area contributed by atoms with Crippen molar-refractivity contribution in [1.29, 1.82) is 0 Å². The molecular formula is C22H29N3O4S. The number of carbonyl (C=O) groups excluding carboxylic acids is 1. The molecule has 0 radical (unpaired) electrons. The van der Waals surface area contributed by atoms with Crippen molar-refractivity contribution in [3.8, 4) is 11.5 Å². The van der Waals surface area contributed by atoms with Crippen LogP contribution in [0.1, 0.15) is 13.8 Å². The molecule has 2 aromatic carbocycles. The van der Waals surface area contributed by atoms with Crippen LogP contribution in [-0.4, -0.2) is 69.1 Å². The molecule has 1 amide bonds. The third kappa shape index (κ3) is 5.31. The second-order valence-electron chi connectivity index (χ2n) is 7.40. The third-order valence-corrected chi connectivity index (χ3v) is 6.51. The van der Waals surface area contributed by atoms with Crippen LogP contribution in [0.4, 0.5) is 5.69 Å². The molecule has 1 aliphatic rings. The van der Waals surface area contributed by atoms with Gasteiger partial charge in [0.2, 0.25) is 15.9 Å². The lowest BCUT2D eigenvalue weighted by Crippen LogP contribution is -2.55. The molecule has 1 fully saturated rings. The average molecular weight is 432 g/mol. The normalized spacial score (nSPS) is 16.2. The topological polar surface area (TPSA) is 70.2 Å². The summed E-state index contributed by atoms with van der Waals surface area (Å²) >= 11 is 0. The Kier molecular flexibility index (Phi) is 6.99. The van der Waals surface area contributed by atoms with Gasteiger partial charge in [-0.3, -0.25) is 9.10 Å². The van der Waals surface area contributed by atoms with Gasteiger partial charge in [0.1, 0.15) is 17.5 Å². The quantitative estimate of drug-likeness (QED) is 0.674. The smallest absolute Gasteiger partial charge is 0.246 e. The van der Waals surface area contributed by atoms with E-state index >= 15 is 0 Å². The average Bonchev–Trinajstić information content (AvgIpc) is 2.74. The van der Waals surface area contributed by atoms with Crippen molar-refractivity contribution in [2.24, 2.45) is 0 Å². The first kappa shape index (κ1) is 22.1. The summed E-state index contributed by atoms with van der Waals surface area (Å²) in [6, 6.07) is 15.3. The molecule has 7 nitrogen and oxygen atoms in total. The molecule has 1 heterocycles. The number of anilines is 1. The molecule has 0 bridgehead atoms. The van der Waals surface area contributed by atoms with E-state index in [1.54, 1.807) is 36.1 Å². The Balaban J connectivity index is 1.76. The Morgan fingerprint density at radius 1 is 1.00 bits per heavy atom. The maximum atomic E-state index is 13.0. The SMILES string of the molecule is CCN1CCN(C(=O)[C@@H](C)N(c2ccc(Oc3ccccc3)cc2)S(C)(=O)=O)CC1. The summed E-state index contributed by atoms with van der Waals surface area (Å²) in [5, 5.41) is 0. The minimum Gasteiger partial charge on any atom is -0.457 e. The fourth-order valence-electron chi connectivity index (χ4n) is 3.64. The molecule has 2 aromatic rings. The van der Waals surface area contributed by atoms with Crippen LogP contribution in [0.5, 0.6) is 11.5 Å². The molecule has 1 aliphatic heterocycles. The lowest BCUT2D eigenvalue weighted by Gasteiger charge is -2.37. The highest BCUT2D eigenvalue weighted by molar-refractivity contribution is 7.92. The first-order chi connectivity index (χ1) is 14.3. The van der Waals surface area contributed by atoms with Gasteiger partial charge in [-0.1, -0.05) is 25.1 Å². The molecule has 0 aliphatic carbocycles. The summed E-state index contributed by atoms with van der Waals surface area (Å²) in [7, 11) is -3.65. The van der Waals surface area contributed by atoms with E-state index in [0.29, 0.717) is 30.3 Å². The number of sulfonamides is 1. The summed E-state index contributed by atoms with van der Waals surface area (Å²) < 4.78 is 32.1. The Labute approximate surface area is 178 Å². The Morgan fingerprint density at radius 3 is 2.10 bits per heavy atom. The zero-order valence-electron chi connectivity index (χ0n) is 17.7. The van der Waals surface area contributed by atoms with Crippen LogP contribution < -0.4 is 9.04 Å². The van der Waals surface area contributed by atoms with Crippen molar-refractivity contribution >= 4 is 21.6 Å². The van der Waals surface area contributed by atoms with Crippen molar-refractivity contribution in [3.63, 3.8) is 0 Å². The molecule has 162 valence electrons. The van der Waals surface area contributed by atoms with Gasteiger partial charge in [-0.2, -0.15) is 0 Å². The highest BCUT2D eigenvalue weighted by atomic mass is 32.2. The van der Waals surface area contributed by atoms with E-state index in [2.05, 4.69) is 11.8 Å². The molecular weight excluding hydrogens is 402 g/mol. The molecule has 0 unspecified atom stereocenters. The van der Waals surface area contributed by atoms with Gasteiger partial charge < -0.3 is 14.5 Å². The molecule has 8 heteroatoms. The summed E-state index contributed by atoms with van der Waals surface area (Å²) in [5.74, 6) is 1.11. The maximum absolute atomic E-state index is 13.0. The Hall–Kier alpha value is -2.58. The van der Waals surface area contributed by atoms with Gasteiger partial charge in [-0.05, 0) is 49.9 Å². The zero-order valence-corrected chi connectivity index (χ0v) is 18.5. The highest BCUT2D eigenvalue weighted by Crippen LogP contribution is 2.27. The fraction of sp³-hybridized carbons (Fsp3) is 0.409. The lowest BCUT2D eigenvalue weighted by atomic mass is 10.2. The first-order valence-corrected chi connectivity index (χ1v) is 12.0. The van der Waals surface area contributed by atoms with E-state index in [4.69, 9.17) is 4.74 Å². The molecule has 1 atom stereocenters. The first-order valence-electron chi connectivity index (χ1n) is 10.1. The standard InChI is InChI=1S/C22H29N3O4S/c1-4-23-14-16-24(17-15-23)22(26)18(2)25(30(3,27)28)19-10-12-21(13-11-19)29-20-8-6-5-7-9-20/h5-13,18H,4,14-17H2,1-3H3/t18-/m1/s1. The monoisotopic (exact) mass is 431 g/mol. The van der Waals surface area contributed by atoms with Crippen LogP contribution >= 0.6 is 0 Å². The third-order valence-electron chi connectivity index (χ3n) is 5.27. The number of benzene rings is 2. The van der Waals surface area contributed by atoms with E-state index in [1.165, 1.54) is 4.31 Å². The van der Waals surface area contributed by atoms with Gasteiger partial charge >= 0.3 is 0 Å². The van der Waals surface area contributed by atoms with E-state index in [9.17, 15) is 13.2 Å². The number of ether oxygens (including phenoxy) is 1. The van der Waals surface area contributed by atoms with Crippen molar-refractivity contribution in [2.45, 2.75) is 19.9 Å². The van der Waals surface area contributed by atoms with Gasteiger partial charge in [0.25, 0.3) is 0 Å². The number of hydrogen-bond donors (Lipinski definition) is 0. The molecule has 0 N–H and O–H groups in total. The van der Waals surface area contributed by atoms with E-state index < -0.39 is 16.1 Å². The van der Waals surface area contributed by atoms with Crippen LogP contribution in [0.15, 0.2) is 54.6 Å². The lowest BCUT2D eigenvalue weighted by molar-refractivity contribution is -0.133. The summed E-state index contributed by atoms with van der Waals surface area (Å²) in [6.07, 6.45) is 1.13. The highest BCUT2D eigenvalue weighted by Gasteiger charge is 2.33. The van der Waals surface area contributed by atoms with Crippen LogP contribution in [0, 0.1) is 0 Å². The fourth-order valence-corrected chi connectivity index (χ4v) is 4.81. The Bertz CT molecular complexity index is 940. The maximum Gasteiger partial charge on any atom is 0.246 e. The summed E-state index contributed by atoms with van der Waals surface area (Å²) in [6.45, 7) is 7.51. The van der Waals surface area contributed by atoms with E-state index in [0.717, 1.165) is 25.9 Å². The second kappa shape index (κ2) is 9.49. The van der Waals surface area contributed by atoms with Crippen LogP contribution in [-0.2, 0) is 14.8 Å². The number of likely N-dealkylation sites (N-methyl/N-ethyl adjacent to an activating group) is 1. The van der Waals surface area contributed by atoms with Gasteiger partial charge in [-0.25, -0.2) is 8.42 Å². The van der Waals surface area contributed by atoms with Crippen molar-refractivity contribution in [3.05, 3.63) is 54.6 Å². The van der Waals surface area contributed by atoms with Crippen LogP contribution in [0.2, 0.25) is 0 Å². The van der Waals surface area contributed by atoms with Gasteiger partial charge in [0, 0.05) is 26.2 Å². The van der Waals surface area contributed by atoms with Gasteiger partial charge in [0.05, 0.1) is 11.9 Å². The molecule has 3 rings (SSSR count). The van der Waals surface area contributed by atoms with E-state index in [1.807, 2.05) is 30.3 Å².